The number of carbonyl (C=O) groups is 1. The second-order valence-corrected chi connectivity index (χ2v) is 4.76. The van der Waals surface area contributed by atoms with Crippen LogP contribution >= 0.6 is 0 Å². The highest BCUT2D eigenvalue weighted by Gasteiger charge is 2.09. The Balaban J connectivity index is 1.92. The van der Waals surface area contributed by atoms with Crippen LogP contribution in [0.1, 0.15) is 13.3 Å². The van der Waals surface area contributed by atoms with Crippen LogP contribution in [0, 0.1) is 0 Å². The van der Waals surface area contributed by atoms with Crippen molar-refractivity contribution in [3.63, 3.8) is 0 Å². The van der Waals surface area contributed by atoms with E-state index in [2.05, 4.69) is 25.2 Å². The molecule has 2 aromatic rings. The summed E-state index contributed by atoms with van der Waals surface area (Å²) in [6, 6.07) is 0. The first-order valence-corrected chi connectivity index (χ1v) is 7.00. The number of nitrogens with two attached hydrogens (primary N) is 1. The predicted molar refractivity (Wildman–Crippen MR) is 80.5 cm³/mol. The molecule has 3 N–H and O–H groups in total. The minimum atomic E-state index is 0.0328. The Kier molecular flexibility index (Phi) is 5.04. The molecule has 2 heterocycles. The van der Waals surface area contributed by atoms with Crippen molar-refractivity contribution in [1.82, 2.24) is 29.7 Å². The van der Waals surface area contributed by atoms with Gasteiger partial charge >= 0.3 is 0 Å². The van der Waals surface area contributed by atoms with Gasteiger partial charge in [0.2, 0.25) is 5.91 Å². The van der Waals surface area contributed by atoms with Gasteiger partial charge in [-0.15, -0.1) is 0 Å². The van der Waals surface area contributed by atoms with Crippen LogP contribution in [-0.4, -0.2) is 57.0 Å². The molecule has 114 valence electrons. The van der Waals surface area contributed by atoms with Gasteiger partial charge in [0.15, 0.2) is 11.5 Å². The van der Waals surface area contributed by atoms with Crippen LogP contribution in [0.15, 0.2) is 12.7 Å². The van der Waals surface area contributed by atoms with Gasteiger partial charge in [-0.3, -0.25) is 9.69 Å². The monoisotopic (exact) mass is 291 g/mol. The highest BCUT2D eigenvalue weighted by molar-refractivity contribution is 5.81. The second-order valence-electron chi connectivity index (χ2n) is 4.76. The number of fused-ring (bicyclic) bond motifs is 1. The van der Waals surface area contributed by atoms with E-state index in [4.69, 9.17) is 5.73 Å². The van der Waals surface area contributed by atoms with Crippen LogP contribution in [0.5, 0.6) is 0 Å². The van der Waals surface area contributed by atoms with E-state index < -0.39 is 0 Å². The molecule has 2 aromatic heterocycles. The van der Waals surface area contributed by atoms with Crippen molar-refractivity contribution in [1.29, 1.82) is 0 Å². The average molecular weight is 291 g/mol. The number of nitrogen functional groups attached to an aromatic ring is 1. The number of aryl methyl sites for hydroxylation is 1. The SMILES string of the molecule is CCN(CCCn1cnc2c(N)ncnc21)CC(=O)NC. The van der Waals surface area contributed by atoms with Crippen LogP contribution < -0.4 is 11.1 Å². The molecule has 0 fully saturated rings. The van der Waals surface area contributed by atoms with Crippen LogP contribution in [0.4, 0.5) is 5.82 Å². The molecule has 0 saturated heterocycles. The minimum Gasteiger partial charge on any atom is -0.382 e. The van der Waals surface area contributed by atoms with E-state index in [1.165, 1.54) is 6.33 Å². The number of likely N-dealkylation sites (N-methyl/N-ethyl adjacent to an activating group) is 2. The number of hydrogen-bond donors (Lipinski definition) is 2. The van der Waals surface area contributed by atoms with Crippen molar-refractivity contribution in [2.45, 2.75) is 19.9 Å². The summed E-state index contributed by atoms with van der Waals surface area (Å²) in [7, 11) is 1.65. The van der Waals surface area contributed by atoms with Gasteiger partial charge in [0.05, 0.1) is 12.9 Å². The summed E-state index contributed by atoms with van der Waals surface area (Å²) in [5, 5.41) is 2.64. The predicted octanol–water partition coefficient (Wildman–Crippen LogP) is -0.133. The van der Waals surface area contributed by atoms with E-state index in [1.807, 2.05) is 11.5 Å². The van der Waals surface area contributed by atoms with Crippen molar-refractivity contribution >= 4 is 22.9 Å². The molecule has 0 aliphatic carbocycles. The zero-order valence-electron chi connectivity index (χ0n) is 12.4. The molecule has 8 heteroatoms. The maximum Gasteiger partial charge on any atom is 0.233 e. The fourth-order valence-corrected chi connectivity index (χ4v) is 2.16. The quantitative estimate of drug-likeness (QED) is 0.736. The Morgan fingerprint density at radius 3 is 2.95 bits per heavy atom. The Bertz CT molecular complexity index is 610. The number of carbonyl (C=O) groups excluding carboxylic acids is 1. The smallest absolute Gasteiger partial charge is 0.233 e. The first-order chi connectivity index (χ1) is 10.2. The van der Waals surface area contributed by atoms with Crippen LogP contribution in [0.2, 0.25) is 0 Å². The van der Waals surface area contributed by atoms with E-state index in [0.29, 0.717) is 17.9 Å². The summed E-state index contributed by atoms with van der Waals surface area (Å²) in [4.78, 5) is 25.9. The molecule has 0 aromatic carbocycles. The molecular formula is C13H21N7O. The first kappa shape index (κ1) is 15.2. The van der Waals surface area contributed by atoms with Crippen molar-refractivity contribution in [3.05, 3.63) is 12.7 Å². The Hall–Kier alpha value is -2.22. The Morgan fingerprint density at radius 1 is 1.43 bits per heavy atom. The number of imidazole rings is 1. The number of amides is 1. The first-order valence-electron chi connectivity index (χ1n) is 7.00. The maximum atomic E-state index is 11.4. The third-order valence-corrected chi connectivity index (χ3v) is 3.40. The number of nitrogens with zero attached hydrogens (tertiary/aromatic N) is 5. The molecule has 0 unspecified atom stereocenters. The molecule has 0 atom stereocenters. The lowest BCUT2D eigenvalue weighted by Gasteiger charge is -2.19. The largest absolute Gasteiger partial charge is 0.382 e. The van der Waals surface area contributed by atoms with Crippen molar-refractivity contribution in [2.24, 2.45) is 0 Å². The zero-order valence-corrected chi connectivity index (χ0v) is 12.4. The molecule has 1 amide bonds. The van der Waals surface area contributed by atoms with Gasteiger partial charge in [-0.1, -0.05) is 6.92 Å². The number of hydrogen-bond acceptors (Lipinski definition) is 6. The Labute approximate surface area is 123 Å². The molecule has 0 aliphatic heterocycles. The highest BCUT2D eigenvalue weighted by Crippen LogP contribution is 2.14. The Morgan fingerprint density at radius 2 is 2.24 bits per heavy atom. The number of aromatic nitrogens is 4. The molecular weight excluding hydrogens is 270 g/mol. The lowest BCUT2D eigenvalue weighted by Crippen LogP contribution is -2.36. The summed E-state index contributed by atoms with van der Waals surface area (Å²) in [5.74, 6) is 0.430. The molecule has 0 saturated carbocycles. The standard InChI is InChI=1S/C13H21N7O/c1-3-19(7-10(21)15-2)5-4-6-20-9-18-11-12(14)16-8-17-13(11)20/h8-9H,3-7H2,1-2H3,(H,15,21)(H2,14,16,17). The fraction of sp³-hybridized carbons (Fsp3) is 0.538. The lowest BCUT2D eigenvalue weighted by molar-refractivity contribution is -0.121. The summed E-state index contributed by atoms with van der Waals surface area (Å²) in [5.41, 5.74) is 7.14. The van der Waals surface area contributed by atoms with E-state index in [-0.39, 0.29) is 5.91 Å². The van der Waals surface area contributed by atoms with Crippen LogP contribution in [-0.2, 0) is 11.3 Å². The third-order valence-electron chi connectivity index (χ3n) is 3.40. The molecule has 8 nitrogen and oxygen atoms in total. The highest BCUT2D eigenvalue weighted by atomic mass is 16.1. The number of anilines is 1. The van der Waals surface area contributed by atoms with Gasteiger partial charge in [-0.25, -0.2) is 15.0 Å². The van der Waals surface area contributed by atoms with Gasteiger partial charge in [0.1, 0.15) is 11.8 Å². The van der Waals surface area contributed by atoms with Gasteiger partial charge in [0.25, 0.3) is 0 Å². The van der Waals surface area contributed by atoms with Gasteiger partial charge in [0, 0.05) is 20.1 Å². The summed E-state index contributed by atoms with van der Waals surface area (Å²) in [6.07, 6.45) is 4.07. The van der Waals surface area contributed by atoms with Gasteiger partial charge in [-0.2, -0.15) is 0 Å². The summed E-state index contributed by atoms with van der Waals surface area (Å²) >= 11 is 0. The van der Waals surface area contributed by atoms with Crippen LogP contribution in [0.25, 0.3) is 11.2 Å². The van der Waals surface area contributed by atoms with Gasteiger partial charge in [-0.05, 0) is 13.0 Å². The van der Waals surface area contributed by atoms with E-state index in [1.54, 1.807) is 13.4 Å². The van der Waals surface area contributed by atoms with Gasteiger partial charge < -0.3 is 15.6 Å². The van der Waals surface area contributed by atoms with Crippen molar-refractivity contribution in [3.8, 4) is 0 Å². The summed E-state index contributed by atoms with van der Waals surface area (Å²) in [6.45, 7) is 4.92. The summed E-state index contributed by atoms with van der Waals surface area (Å²) < 4.78 is 1.96. The van der Waals surface area contributed by atoms with E-state index in [9.17, 15) is 4.79 Å². The molecule has 21 heavy (non-hydrogen) atoms. The third kappa shape index (κ3) is 3.66. The molecule has 0 radical (unpaired) electrons. The topological polar surface area (TPSA) is 102 Å². The van der Waals surface area contributed by atoms with Crippen molar-refractivity contribution in [2.75, 3.05) is 32.4 Å². The van der Waals surface area contributed by atoms with Crippen LogP contribution in [0.3, 0.4) is 0 Å². The molecule has 0 spiro atoms. The maximum absolute atomic E-state index is 11.4. The van der Waals surface area contributed by atoms with Crippen molar-refractivity contribution < 1.29 is 4.79 Å². The van der Waals surface area contributed by atoms with E-state index in [0.717, 1.165) is 31.7 Å². The molecule has 0 aliphatic rings. The minimum absolute atomic E-state index is 0.0328. The molecule has 0 bridgehead atoms. The second kappa shape index (κ2) is 6.98. The number of rotatable bonds is 7. The normalized spacial score (nSPS) is 11.2. The van der Waals surface area contributed by atoms with E-state index >= 15 is 0 Å². The zero-order chi connectivity index (χ0) is 15.2. The fourth-order valence-electron chi connectivity index (χ4n) is 2.16. The average Bonchev–Trinajstić information content (AvgIpc) is 2.90. The molecule has 2 rings (SSSR count). The number of nitrogens with one attached hydrogen (secondary N) is 1. The lowest BCUT2D eigenvalue weighted by atomic mass is 10.3.